The summed E-state index contributed by atoms with van der Waals surface area (Å²) in [4.78, 5) is 26.9. The summed E-state index contributed by atoms with van der Waals surface area (Å²) < 4.78 is 32.8. The first-order chi connectivity index (χ1) is 17.5. The molecule has 0 unspecified atom stereocenters. The number of urea groups is 1. The van der Waals surface area contributed by atoms with E-state index in [2.05, 4.69) is 22.5 Å². The van der Waals surface area contributed by atoms with Crippen LogP contribution in [0.4, 0.5) is 19.3 Å². The number of anilines is 1. The number of allylic oxidation sites excluding steroid dienone is 1. The Morgan fingerprint density at radius 1 is 1.30 bits per heavy atom. The summed E-state index contributed by atoms with van der Waals surface area (Å²) in [6.45, 7) is 3.41. The van der Waals surface area contributed by atoms with Crippen molar-refractivity contribution in [2.75, 3.05) is 25.2 Å². The number of hydrogen-bond acceptors (Lipinski definition) is 5. The molecule has 0 saturated carbocycles. The molecule has 0 saturated heterocycles. The molecule has 0 spiro atoms. The van der Waals surface area contributed by atoms with Crippen LogP contribution >= 0.6 is 0 Å². The van der Waals surface area contributed by atoms with Gasteiger partial charge in [-0.2, -0.15) is 0 Å². The second-order valence-electron chi connectivity index (χ2n) is 9.13. The van der Waals surface area contributed by atoms with Crippen LogP contribution in [0.2, 0.25) is 0 Å². The number of amides is 3. The van der Waals surface area contributed by atoms with E-state index in [0.717, 1.165) is 18.3 Å². The maximum atomic E-state index is 13.9. The third-order valence-corrected chi connectivity index (χ3v) is 5.58. The molecule has 2 aromatic carbocycles. The van der Waals surface area contributed by atoms with E-state index in [9.17, 15) is 23.5 Å². The van der Waals surface area contributed by atoms with E-state index in [1.54, 1.807) is 25.2 Å². The lowest BCUT2D eigenvalue weighted by Crippen LogP contribution is -2.51. The first-order valence-electron chi connectivity index (χ1n) is 11.4. The summed E-state index contributed by atoms with van der Waals surface area (Å²) in [6.07, 6.45) is 2.11. The Balaban J connectivity index is 1.67. The van der Waals surface area contributed by atoms with E-state index in [1.807, 2.05) is 13.8 Å². The Morgan fingerprint density at radius 3 is 2.73 bits per heavy atom. The van der Waals surface area contributed by atoms with Gasteiger partial charge in [-0.25, -0.2) is 13.6 Å². The first kappa shape index (κ1) is 27.4. The van der Waals surface area contributed by atoms with Gasteiger partial charge >= 0.3 is 6.03 Å². The zero-order valence-corrected chi connectivity index (χ0v) is 20.7. The Kier molecular flexibility index (Phi) is 8.63. The molecular weight excluding hydrogens is 482 g/mol. The third kappa shape index (κ3) is 7.15. The van der Waals surface area contributed by atoms with Crippen molar-refractivity contribution in [3.63, 3.8) is 0 Å². The van der Waals surface area contributed by atoms with Crippen molar-refractivity contribution in [2.45, 2.75) is 26.3 Å². The normalized spacial score (nSPS) is 15.5. The second-order valence-corrected chi connectivity index (χ2v) is 9.13. The van der Waals surface area contributed by atoms with Crippen LogP contribution in [-0.2, 0) is 11.2 Å². The lowest BCUT2D eigenvalue weighted by Gasteiger charge is -2.20. The molecular formula is C27H28F2N4O4. The van der Waals surface area contributed by atoms with Gasteiger partial charge in [-0.1, -0.05) is 17.9 Å². The molecule has 0 fully saturated rings. The fraction of sp³-hybridized carbons (Fsp3) is 0.296. The predicted molar refractivity (Wildman–Crippen MR) is 135 cm³/mol. The van der Waals surface area contributed by atoms with E-state index >= 15 is 0 Å². The number of fused-ring (bicyclic) bond motifs is 1. The molecule has 0 radical (unpaired) electrons. The van der Waals surface area contributed by atoms with E-state index in [4.69, 9.17) is 10.1 Å². The third-order valence-electron chi connectivity index (χ3n) is 5.58. The number of halogens is 2. The van der Waals surface area contributed by atoms with Crippen molar-refractivity contribution in [3.05, 3.63) is 70.9 Å². The van der Waals surface area contributed by atoms with Gasteiger partial charge in [-0.15, -0.1) is 0 Å². The van der Waals surface area contributed by atoms with Gasteiger partial charge in [-0.3, -0.25) is 4.79 Å². The Bertz CT molecular complexity index is 1300. The summed E-state index contributed by atoms with van der Waals surface area (Å²) in [7, 11) is 1.56. The highest BCUT2D eigenvalue weighted by Gasteiger charge is 2.30. The molecule has 4 N–H and O–H groups in total. The standard InChI is InChI=1S/C27H28F2N4O4/c1-27(2,16-34)9-8-17-4-7-24-23(11-17)33(3)25(35)22(15-37-24)32-26(36)31-14-18(13-30)10-19-5-6-20(28)12-21(19)29/h4-7,11-14,22,30,34H,10,15-16H2,1-3H3,(H2,31,32,36)/b18-14-,30-13?/t22-/m0/s1. The molecule has 0 bridgehead atoms. The molecule has 8 nitrogen and oxygen atoms in total. The Morgan fingerprint density at radius 2 is 2.05 bits per heavy atom. The minimum atomic E-state index is -1.01. The molecule has 0 aliphatic carbocycles. The van der Waals surface area contributed by atoms with E-state index in [1.165, 1.54) is 17.2 Å². The van der Waals surface area contributed by atoms with Gasteiger partial charge in [0, 0.05) is 42.9 Å². The van der Waals surface area contributed by atoms with Gasteiger partial charge < -0.3 is 30.8 Å². The monoisotopic (exact) mass is 510 g/mol. The highest BCUT2D eigenvalue weighted by molar-refractivity contribution is 6.00. The fourth-order valence-corrected chi connectivity index (χ4v) is 3.35. The van der Waals surface area contributed by atoms with Crippen molar-refractivity contribution in [1.82, 2.24) is 10.6 Å². The number of hydrogen-bond donors (Lipinski definition) is 4. The molecule has 1 aliphatic rings. The van der Waals surface area contributed by atoms with Crippen molar-refractivity contribution < 1.29 is 28.2 Å². The SMILES string of the molecule is CN1C(=O)[C@@H](NC(=O)N/C=C(\C=N)Cc2ccc(F)cc2F)COc2ccc(C#CC(C)(C)CO)cc21. The average molecular weight is 511 g/mol. The second kappa shape index (κ2) is 11.7. The van der Waals surface area contributed by atoms with Crippen LogP contribution in [0.3, 0.4) is 0 Å². The number of nitrogens with zero attached hydrogens (tertiary/aromatic N) is 1. The number of nitrogens with one attached hydrogen (secondary N) is 3. The van der Waals surface area contributed by atoms with Crippen molar-refractivity contribution in [3.8, 4) is 17.6 Å². The minimum Gasteiger partial charge on any atom is -0.489 e. The molecule has 3 rings (SSSR count). The first-order valence-corrected chi connectivity index (χ1v) is 11.4. The summed E-state index contributed by atoms with van der Waals surface area (Å²) in [6, 6.07) is 6.51. The Labute approximate surface area is 213 Å². The van der Waals surface area contributed by atoms with Gasteiger partial charge in [-0.05, 0) is 49.2 Å². The number of ether oxygens (including phenoxy) is 1. The Hall–Kier alpha value is -4.23. The van der Waals surface area contributed by atoms with E-state index < -0.39 is 35.0 Å². The zero-order valence-electron chi connectivity index (χ0n) is 20.7. The topological polar surface area (TPSA) is 115 Å². The number of aliphatic hydroxyl groups is 1. The molecule has 1 heterocycles. The van der Waals surface area contributed by atoms with Crippen molar-refractivity contribution in [2.24, 2.45) is 5.41 Å². The van der Waals surface area contributed by atoms with E-state index in [-0.39, 0.29) is 30.8 Å². The van der Waals surface area contributed by atoms with Crippen LogP contribution in [0, 0.1) is 34.3 Å². The number of benzene rings is 2. The molecule has 3 amide bonds. The van der Waals surface area contributed by atoms with Gasteiger partial charge in [0.25, 0.3) is 5.91 Å². The number of likely N-dealkylation sites (N-methyl/N-ethyl adjacent to an activating group) is 1. The van der Waals surface area contributed by atoms with Gasteiger partial charge in [0.15, 0.2) is 0 Å². The summed E-state index contributed by atoms with van der Waals surface area (Å²) in [5.74, 6) is 4.54. The zero-order chi connectivity index (χ0) is 27.2. The molecule has 37 heavy (non-hydrogen) atoms. The number of carbonyl (C=O) groups excluding carboxylic acids is 2. The summed E-state index contributed by atoms with van der Waals surface area (Å²) in [5.41, 5.74) is 0.956. The van der Waals surface area contributed by atoms with Gasteiger partial charge in [0.2, 0.25) is 0 Å². The fourth-order valence-electron chi connectivity index (χ4n) is 3.35. The number of rotatable bonds is 6. The molecule has 0 aromatic heterocycles. The van der Waals surface area contributed by atoms with E-state index in [0.29, 0.717) is 17.0 Å². The van der Waals surface area contributed by atoms with Crippen LogP contribution in [-0.4, -0.2) is 49.6 Å². The van der Waals surface area contributed by atoms with Crippen LogP contribution in [0.5, 0.6) is 5.75 Å². The molecule has 1 aliphatic heterocycles. The maximum Gasteiger partial charge on any atom is 0.319 e. The van der Waals surface area contributed by atoms with Crippen LogP contribution in [0.15, 0.2) is 48.2 Å². The summed E-state index contributed by atoms with van der Waals surface area (Å²) in [5, 5.41) is 21.9. The van der Waals surface area contributed by atoms with Crippen LogP contribution in [0.1, 0.15) is 25.0 Å². The van der Waals surface area contributed by atoms with Gasteiger partial charge in [0.05, 0.1) is 12.3 Å². The van der Waals surface area contributed by atoms with Gasteiger partial charge in [0.1, 0.15) is 30.0 Å². The minimum absolute atomic E-state index is 0.0415. The highest BCUT2D eigenvalue weighted by atomic mass is 19.1. The average Bonchev–Trinajstić information content (AvgIpc) is 2.98. The van der Waals surface area contributed by atoms with Crippen LogP contribution in [0.25, 0.3) is 0 Å². The predicted octanol–water partition coefficient (Wildman–Crippen LogP) is 3.13. The molecule has 10 heteroatoms. The lowest BCUT2D eigenvalue weighted by atomic mass is 9.95. The largest absolute Gasteiger partial charge is 0.489 e. The number of carbonyl (C=O) groups is 2. The quantitative estimate of drug-likeness (QED) is 0.353. The maximum absolute atomic E-state index is 13.9. The highest BCUT2D eigenvalue weighted by Crippen LogP contribution is 2.31. The smallest absolute Gasteiger partial charge is 0.319 e. The molecule has 2 aromatic rings. The number of aliphatic hydroxyl groups excluding tert-OH is 1. The van der Waals surface area contributed by atoms with Crippen LogP contribution < -0.4 is 20.3 Å². The summed E-state index contributed by atoms with van der Waals surface area (Å²) >= 11 is 0. The lowest BCUT2D eigenvalue weighted by molar-refractivity contribution is -0.120. The molecule has 194 valence electrons. The van der Waals surface area contributed by atoms with Crippen molar-refractivity contribution >= 4 is 23.8 Å². The molecule has 1 atom stereocenters. The van der Waals surface area contributed by atoms with Crippen molar-refractivity contribution in [1.29, 1.82) is 5.41 Å².